The molecule has 2 bridgehead atoms. The number of carbonyl (C=O) groups is 2. The molecule has 5 fully saturated rings. The van der Waals surface area contributed by atoms with Gasteiger partial charge in [-0.1, -0.05) is 6.42 Å². The summed E-state index contributed by atoms with van der Waals surface area (Å²) in [7, 11) is 0. The van der Waals surface area contributed by atoms with Gasteiger partial charge in [0.05, 0.1) is 11.6 Å². The molecule has 1 spiro atoms. The molecule has 6 heterocycles. The Labute approximate surface area is 215 Å². The lowest BCUT2D eigenvalue weighted by atomic mass is 9.66. The van der Waals surface area contributed by atoms with Crippen molar-refractivity contribution in [1.29, 1.82) is 5.26 Å². The molecule has 0 radical (unpaired) electrons. The summed E-state index contributed by atoms with van der Waals surface area (Å²) in [5.41, 5.74) is 0.860. The van der Waals surface area contributed by atoms with Crippen LogP contribution in [-0.2, 0) is 15.0 Å². The maximum atomic E-state index is 13.6. The van der Waals surface area contributed by atoms with Crippen molar-refractivity contribution in [2.45, 2.75) is 69.5 Å². The Morgan fingerprint density at radius 3 is 2.59 bits per heavy atom. The third-order valence-corrected chi connectivity index (χ3v) is 9.40. The number of amides is 2. The van der Waals surface area contributed by atoms with E-state index in [2.05, 4.69) is 40.0 Å². The smallest absolute Gasteiger partial charge is 0.238 e. The molecule has 10 nitrogen and oxygen atoms in total. The predicted octanol–water partition coefficient (Wildman–Crippen LogP) is 2.02. The molecule has 0 unspecified atom stereocenters. The highest BCUT2D eigenvalue weighted by Gasteiger charge is 2.64. The van der Waals surface area contributed by atoms with Crippen LogP contribution in [-0.4, -0.2) is 69.4 Å². The normalized spacial score (nSPS) is 30.9. The average Bonchev–Trinajstić information content (AvgIpc) is 3.50. The molecule has 8 rings (SSSR count). The Bertz CT molecular complexity index is 1360. The highest BCUT2D eigenvalue weighted by molar-refractivity contribution is 6.09. The van der Waals surface area contributed by atoms with E-state index in [1.807, 2.05) is 11.0 Å². The van der Waals surface area contributed by atoms with E-state index in [1.165, 1.54) is 5.56 Å². The molecule has 37 heavy (non-hydrogen) atoms. The number of hydrogen-bond donors (Lipinski definition) is 1. The Balaban J connectivity index is 1.22. The predicted molar refractivity (Wildman–Crippen MR) is 135 cm³/mol. The first kappa shape index (κ1) is 22.5. The summed E-state index contributed by atoms with van der Waals surface area (Å²) in [4.78, 5) is 46.6. The summed E-state index contributed by atoms with van der Waals surface area (Å²) in [6.45, 7) is 6.18. The van der Waals surface area contributed by atoms with Crippen LogP contribution in [0.15, 0.2) is 24.7 Å². The molecule has 2 saturated carbocycles. The summed E-state index contributed by atoms with van der Waals surface area (Å²) in [5.74, 6) is 2.43. The van der Waals surface area contributed by atoms with E-state index >= 15 is 0 Å². The van der Waals surface area contributed by atoms with Crippen molar-refractivity contribution in [1.82, 2.24) is 25.2 Å². The molecular weight excluding hydrogens is 468 g/mol. The van der Waals surface area contributed by atoms with Crippen molar-refractivity contribution >= 4 is 29.3 Å². The lowest BCUT2D eigenvalue weighted by Crippen LogP contribution is -2.63. The first-order valence-electron chi connectivity index (χ1n) is 13.2. The number of nitrogens with one attached hydrogen (secondary N) is 1. The second-order valence-corrected chi connectivity index (χ2v) is 11.6. The third kappa shape index (κ3) is 3.00. The zero-order chi connectivity index (χ0) is 25.5. The summed E-state index contributed by atoms with van der Waals surface area (Å²) in [5, 5.41) is 12.4. The van der Waals surface area contributed by atoms with E-state index in [0.29, 0.717) is 31.5 Å². The molecule has 1 N–H and O–H groups in total. The zero-order valence-corrected chi connectivity index (χ0v) is 21.1. The van der Waals surface area contributed by atoms with Crippen molar-refractivity contribution in [3.05, 3.63) is 35.8 Å². The van der Waals surface area contributed by atoms with Gasteiger partial charge in [0.15, 0.2) is 0 Å². The lowest BCUT2D eigenvalue weighted by Gasteiger charge is -2.49. The molecule has 3 saturated heterocycles. The molecule has 2 aromatic heterocycles. The molecule has 0 aromatic carbocycles. The van der Waals surface area contributed by atoms with Crippen LogP contribution in [0.3, 0.4) is 0 Å². The average molecular weight is 499 g/mol. The second kappa shape index (κ2) is 7.63. The molecule has 190 valence electrons. The number of anilines is 3. The lowest BCUT2D eigenvalue weighted by molar-refractivity contribution is -0.153. The van der Waals surface area contributed by atoms with E-state index < -0.39 is 5.41 Å². The SMILES string of the molecule is C[C@@H]1CN(c2ncnc3c2C2(CCC2)CN3c2cc(C#N)ccn2)[C@@H](C)CN1C(=O)C12CC(C1)NC2=O. The number of piperazine rings is 1. The van der Waals surface area contributed by atoms with Crippen LogP contribution in [0.5, 0.6) is 0 Å². The van der Waals surface area contributed by atoms with Crippen molar-refractivity contribution in [3.63, 3.8) is 0 Å². The van der Waals surface area contributed by atoms with Crippen molar-refractivity contribution in [2.75, 3.05) is 29.4 Å². The molecule has 10 heteroatoms. The first-order valence-corrected chi connectivity index (χ1v) is 13.2. The van der Waals surface area contributed by atoms with Gasteiger partial charge in [-0.05, 0) is 51.7 Å². The van der Waals surface area contributed by atoms with Crippen molar-refractivity contribution in [3.8, 4) is 6.07 Å². The van der Waals surface area contributed by atoms with Crippen LogP contribution in [0, 0.1) is 16.7 Å². The third-order valence-electron chi connectivity index (χ3n) is 9.40. The van der Waals surface area contributed by atoms with Crippen molar-refractivity contribution < 1.29 is 9.59 Å². The van der Waals surface area contributed by atoms with Gasteiger partial charge in [-0.2, -0.15) is 5.26 Å². The Hall–Kier alpha value is -3.74. The van der Waals surface area contributed by atoms with Crippen LogP contribution in [0.2, 0.25) is 0 Å². The highest BCUT2D eigenvalue weighted by atomic mass is 16.2. The molecule has 2 aromatic rings. The van der Waals surface area contributed by atoms with Crippen LogP contribution >= 0.6 is 0 Å². The van der Waals surface area contributed by atoms with Gasteiger partial charge in [-0.3, -0.25) is 9.59 Å². The molecule has 2 aliphatic carbocycles. The number of aromatic nitrogens is 3. The molecule has 6 aliphatic rings. The van der Waals surface area contributed by atoms with Gasteiger partial charge in [0.1, 0.15) is 29.2 Å². The zero-order valence-electron chi connectivity index (χ0n) is 21.1. The second-order valence-electron chi connectivity index (χ2n) is 11.6. The van der Waals surface area contributed by atoms with E-state index in [4.69, 9.17) is 9.97 Å². The molecule has 4 aliphatic heterocycles. The fourth-order valence-corrected chi connectivity index (χ4v) is 7.20. The fourth-order valence-electron chi connectivity index (χ4n) is 7.20. The minimum absolute atomic E-state index is 0.0178. The van der Waals surface area contributed by atoms with Crippen LogP contribution in [0.4, 0.5) is 17.5 Å². The van der Waals surface area contributed by atoms with Gasteiger partial charge in [-0.15, -0.1) is 0 Å². The molecule has 2 amide bonds. The largest absolute Gasteiger partial charge is 0.352 e. The standard InChI is InChI=1S/C27H30N8O2/c1-16-13-34(25(37)27-9-19(10-27)32-24(27)36)17(2)12-33(16)22-21-23(31-15-30-22)35(14-26(21)5-3-6-26)20-8-18(11-28)4-7-29-20/h4,7-8,15-17,19H,3,5-6,9-10,12-14H2,1-2H3,(H,32,36)/t16-,17+,19?,27?/m0/s1. The minimum Gasteiger partial charge on any atom is -0.352 e. The Morgan fingerprint density at radius 1 is 1.14 bits per heavy atom. The summed E-state index contributed by atoms with van der Waals surface area (Å²) in [6.07, 6.45) is 7.85. The first-order chi connectivity index (χ1) is 17.8. The molecular formula is C27H30N8O2. The number of nitriles is 1. The number of carbonyl (C=O) groups excluding carboxylic acids is 2. The number of rotatable bonds is 3. The summed E-state index contributed by atoms with van der Waals surface area (Å²) >= 11 is 0. The van der Waals surface area contributed by atoms with Gasteiger partial charge >= 0.3 is 0 Å². The van der Waals surface area contributed by atoms with Crippen LogP contribution in [0.25, 0.3) is 0 Å². The van der Waals surface area contributed by atoms with Crippen molar-refractivity contribution in [2.24, 2.45) is 5.41 Å². The molecule has 2 atom stereocenters. The van der Waals surface area contributed by atoms with E-state index in [1.54, 1.807) is 18.6 Å². The van der Waals surface area contributed by atoms with Gasteiger partial charge in [0.25, 0.3) is 0 Å². The summed E-state index contributed by atoms with van der Waals surface area (Å²) < 4.78 is 0. The number of pyridine rings is 1. The number of hydrogen-bond acceptors (Lipinski definition) is 8. The number of nitrogens with zero attached hydrogens (tertiary/aromatic N) is 7. The highest BCUT2D eigenvalue weighted by Crippen LogP contribution is 2.56. The van der Waals surface area contributed by atoms with Gasteiger partial charge in [0, 0.05) is 54.9 Å². The summed E-state index contributed by atoms with van der Waals surface area (Å²) in [6, 6.07) is 5.92. The fraction of sp³-hybridized carbons (Fsp3) is 0.556. The van der Waals surface area contributed by atoms with E-state index in [-0.39, 0.29) is 35.4 Å². The Morgan fingerprint density at radius 2 is 1.92 bits per heavy atom. The topological polar surface area (TPSA) is 118 Å². The maximum Gasteiger partial charge on any atom is 0.238 e. The minimum atomic E-state index is -0.849. The van der Waals surface area contributed by atoms with Gasteiger partial charge in [0.2, 0.25) is 11.8 Å². The maximum absolute atomic E-state index is 13.6. The quantitative estimate of drug-likeness (QED) is 0.639. The van der Waals surface area contributed by atoms with Gasteiger partial charge in [-0.25, -0.2) is 15.0 Å². The van der Waals surface area contributed by atoms with Gasteiger partial charge < -0.3 is 20.0 Å². The van der Waals surface area contributed by atoms with E-state index in [9.17, 15) is 14.9 Å². The van der Waals surface area contributed by atoms with E-state index in [0.717, 1.165) is 43.3 Å². The Kier molecular flexibility index (Phi) is 4.63. The number of fused-ring (bicyclic) bond motifs is 3. The van der Waals surface area contributed by atoms with Crippen LogP contribution in [0.1, 0.15) is 57.1 Å². The monoisotopic (exact) mass is 498 g/mol. The van der Waals surface area contributed by atoms with Crippen LogP contribution < -0.4 is 15.1 Å².